The molecule has 1 aromatic carbocycles. The molecule has 2 heterocycles. The lowest BCUT2D eigenvalue weighted by atomic mass is 9.88. The summed E-state index contributed by atoms with van der Waals surface area (Å²) in [6.45, 7) is 0. The molecule has 23 heavy (non-hydrogen) atoms. The summed E-state index contributed by atoms with van der Waals surface area (Å²) in [7, 11) is 0. The fraction of sp³-hybridized carbons (Fsp3) is 0.278. The Labute approximate surface area is 131 Å². The maximum absolute atomic E-state index is 12.9. The van der Waals surface area contributed by atoms with Crippen LogP contribution in [0.25, 0.3) is 17.3 Å². The van der Waals surface area contributed by atoms with Gasteiger partial charge in [0.25, 0.3) is 5.69 Å². The molecule has 0 atom stereocenters. The molecule has 0 amide bonds. The van der Waals surface area contributed by atoms with Crippen LogP contribution < -0.4 is 10.4 Å². The van der Waals surface area contributed by atoms with Crippen LogP contribution in [0.5, 0.6) is 0 Å². The van der Waals surface area contributed by atoms with Gasteiger partial charge < -0.3 is 0 Å². The van der Waals surface area contributed by atoms with Gasteiger partial charge in [-0.15, -0.1) is 0 Å². The highest BCUT2D eigenvalue weighted by Gasteiger charge is 2.45. The summed E-state index contributed by atoms with van der Waals surface area (Å²) in [6.07, 6.45) is 7.22. The van der Waals surface area contributed by atoms with E-state index in [4.69, 9.17) is 0 Å². The number of rotatable bonds is 0. The second-order valence-corrected chi connectivity index (χ2v) is 6.34. The summed E-state index contributed by atoms with van der Waals surface area (Å²) in [5.41, 5.74) is 5.41. The molecule has 0 saturated heterocycles. The van der Waals surface area contributed by atoms with Crippen molar-refractivity contribution in [3.8, 4) is 6.07 Å². The van der Waals surface area contributed by atoms with Crippen LogP contribution in [0.1, 0.15) is 42.4 Å². The SMILES string of the molecule is N#CC1=c2c(c3c(c4c2=CC(=O)C4)[N+](=O)C2=C3CCCC2)C=N1. The van der Waals surface area contributed by atoms with Gasteiger partial charge in [0.15, 0.2) is 5.78 Å². The van der Waals surface area contributed by atoms with Crippen molar-refractivity contribution in [3.05, 3.63) is 37.7 Å². The van der Waals surface area contributed by atoms with E-state index in [1.54, 1.807) is 12.3 Å². The van der Waals surface area contributed by atoms with Gasteiger partial charge in [-0.25, -0.2) is 4.99 Å². The Hall–Kier alpha value is -2.87. The highest BCUT2D eigenvalue weighted by atomic mass is 16.3. The van der Waals surface area contributed by atoms with E-state index in [0.717, 1.165) is 68.8 Å². The minimum absolute atomic E-state index is 0.0157. The minimum atomic E-state index is -0.0157. The molecule has 2 aliphatic heterocycles. The van der Waals surface area contributed by atoms with Crippen molar-refractivity contribution in [3.63, 3.8) is 0 Å². The van der Waals surface area contributed by atoms with Crippen molar-refractivity contribution >= 4 is 35.0 Å². The van der Waals surface area contributed by atoms with Gasteiger partial charge in [-0.3, -0.25) is 4.79 Å². The Morgan fingerprint density at radius 3 is 2.91 bits per heavy atom. The van der Waals surface area contributed by atoms with Crippen LogP contribution >= 0.6 is 0 Å². The van der Waals surface area contributed by atoms with Crippen molar-refractivity contribution in [2.24, 2.45) is 4.99 Å². The zero-order chi connectivity index (χ0) is 15.7. The number of carbonyl (C=O) groups is 1. The van der Waals surface area contributed by atoms with Crippen molar-refractivity contribution < 1.29 is 9.55 Å². The summed E-state index contributed by atoms with van der Waals surface area (Å²) < 4.78 is 1.04. The number of benzene rings is 1. The van der Waals surface area contributed by atoms with Gasteiger partial charge in [-0.1, -0.05) is 0 Å². The topological polar surface area (TPSA) is 73.3 Å². The summed E-state index contributed by atoms with van der Waals surface area (Å²) in [5, 5.41) is 10.8. The molecule has 0 N–H and O–H groups in total. The predicted molar refractivity (Wildman–Crippen MR) is 84.2 cm³/mol. The third kappa shape index (κ3) is 1.41. The van der Waals surface area contributed by atoms with E-state index in [1.807, 2.05) is 0 Å². The number of nitriles is 1. The summed E-state index contributed by atoms with van der Waals surface area (Å²) in [6, 6.07) is 2.12. The van der Waals surface area contributed by atoms with Crippen molar-refractivity contribution in [2.45, 2.75) is 32.1 Å². The van der Waals surface area contributed by atoms with Crippen molar-refractivity contribution in [1.82, 2.24) is 0 Å². The first kappa shape index (κ1) is 12.7. The third-order valence-corrected chi connectivity index (χ3v) is 5.17. The first-order chi connectivity index (χ1) is 11.2. The van der Waals surface area contributed by atoms with E-state index in [1.165, 1.54) is 0 Å². The number of carbonyl (C=O) groups excluding carboxylic acids is 1. The fourth-order valence-electron chi connectivity index (χ4n) is 4.26. The van der Waals surface area contributed by atoms with Crippen LogP contribution in [0.2, 0.25) is 0 Å². The average molecular weight is 302 g/mol. The van der Waals surface area contributed by atoms with Crippen molar-refractivity contribution in [1.29, 1.82) is 5.26 Å². The van der Waals surface area contributed by atoms with E-state index >= 15 is 0 Å². The molecule has 0 unspecified atom stereocenters. The quantitative estimate of drug-likeness (QED) is 0.679. The first-order valence-electron chi connectivity index (χ1n) is 7.82. The zero-order valence-electron chi connectivity index (χ0n) is 12.3. The molecule has 0 aromatic heterocycles. The average Bonchev–Trinajstić information content (AvgIpc) is 3.21. The molecule has 0 radical (unpaired) electrons. The van der Waals surface area contributed by atoms with E-state index in [-0.39, 0.29) is 12.2 Å². The molecule has 0 fully saturated rings. The lowest BCUT2D eigenvalue weighted by Gasteiger charge is -2.08. The Bertz CT molecular complexity index is 1080. The van der Waals surface area contributed by atoms with Crippen LogP contribution in [0.3, 0.4) is 0 Å². The Kier molecular flexibility index (Phi) is 2.26. The van der Waals surface area contributed by atoms with Gasteiger partial charge in [0.05, 0.1) is 10.3 Å². The van der Waals surface area contributed by atoms with Gasteiger partial charge in [-0.2, -0.15) is 5.26 Å². The molecule has 2 aliphatic carbocycles. The number of Topliss-reactive ketones (excluding diaryl/α,β-unsaturated/α-hetero) is 1. The molecular formula is C18H12N3O2+. The highest BCUT2D eigenvalue weighted by molar-refractivity contribution is 6.12. The minimum Gasteiger partial charge on any atom is -0.294 e. The summed E-state index contributed by atoms with van der Waals surface area (Å²) >= 11 is 0. The van der Waals surface area contributed by atoms with Gasteiger partial charge in [-0.05, 0) is 30.6 Å². The molecule has 0 bridgehead atoms. The van der Waals surface area contributed by atoms with Crippen LogP contribution in [-0.2, 0) is 11.2 Å². The summed E-state index contributed by atoms with van der Waals surface area (Å²) in [5.74, 6) is -0.0157. The van der Waals surface area contributed by atoms with Gasteiger partial charge >= 0.3 is 0 Å². The molecule has 5 heteroatoms. The Balaban J connectivity index is 2.00. The maximum atomic E-state index is 12.9. The van der Waals surface area contributed by atoms with Gasteiger partial charge in [0.1, 0.15) is 11.8 Å². The Morgan fingerprint density at radius 1 is 1.26 bits per heavy atom. The zero-order valence-corrected chi connectivity index (χ0v) is 12.3. The molecule has 5 nitrogen and oxygen atoms in total. The number of allylic oxidation sites excluding steroid dienone is 2. The largest absolute Gasteiger partial charge is 0.294 e. The van der Waals surface area contributed by atoms with E-state index in [9.17, 15) is 15.0 Å². The molecule has 110 valence electrons. The monoisotopic (exact) mass is 302 g/mol. The molecule has 5 rings (SSSR count). The molecule has 0 saturated carbocycles. The summed E-state index contributed by atoms with van der Waals surface area (Å²) in [4.78, 5) is 29.1. The van der Waals surface area contributed by atoms with E-state index < -0.39 is 0 Å². The normalized spacial score (nSPS) is 20.2. The lowest BCUT2D eigenvalue weighted by molar-refractivity contribution is -0.406. The van der Waals surface area contributed by atoms with Crippen LogP contribution in [0.4, 0.5) is 5.69 Å². The number of hydrogen-bond donors (Lipinski definition) is 0. The third-order valence-electron chi connectivity index (χ3n) is 5.17. The first-order valence-corrected chi connectivity index (χ1v) is 7.82. The number of fused-ring (bicyclic) bond motifs is 7. The number of aliphatic imine (C=N–C) groups is 1. The molecule has 1 aromatic rings. The molecular weight excluding hydrogens is 290 g/mol. The fourth-order valence-corrected chi connectivity index (χ4v) is 4.26. The second kappa shape index (κ2) is 4.11. The van der Waals surface area contributed by atoms with Gasteiger partial charge in [0, 0.05) is 45.9 Å². The second-order valence-electron chi connectivity index (χ2n) is 6.34. The predicted octanol–water partition coefficient (Wildman–Crippen LogP) is 1.37. The van der Waals surface area contributed by atoms with E-state index in [0.29, 0.717) is 11.4 Å². The number of nitrogens with zero attached hydrogens (tertiary/aromatic N) is 3. The van der Waals surface area contributed by atoms with E-state index in [2.05, 4.69) is 11.1 Å². The van der Waals surface area contributed by atoms with Crippen LogP contribution in [0, 0.1) is 16.2 Å². The van der Waals surface area contributed by atoms with Crippen LogP contribution in [-0.4, -0.2) is 16.8 Å². The lowest BCUT2D eigenvalue weighted by Crippen LogP contribution is -2.31. The smallest absolute Gasteiger partial charge is 0.275 e. The molecule has 4 aliphatic rings. The number of ketones is 1. The number of hydrogen-bond acceptors (Lipinski definition) is 4. The number of nitroso groups, excluding NO2 is 1. The van der Waals surface area contributed by atoms with Crippen LogP contribution in [0.15, 0.2) is 10.7 Å². The van der Waals surface area contributed by atoms with Crippen molar-refractivity contribution in [2.75, 3.05) is 0 Å². The Morgan fingerprint density at radius 2 is 2.09 bits per heavy atom. The van der Waals surface area contributed by atoms with Gasteiger partial charge in [0.2, 0.25) is 5.70 Å². The maximum Gasteiger partial charge on any atom is 0.275 e. The highest BCUT2D eigenvalue weighted by Crippen LogP contribution is 2.47. The molecule has 0 spiro atoms. The standard InChI is InChI=1S/C18H12N3O2/c19-7-14-16-11-5-9(22)6-12(11)18-17(13(16)8-20-14)10-3-1-2-4-15(10)21(18)23/h5,8H,1-4,6H2/q+1.